The summed E-state index contributed by atoms with van der Waals surface area (Å²) in [6, 6.07) is 0.519. The van der Waals surface area contributed by atoms with Crippen LogP contribution in [0.3, 0.4) is 0 Å². The van der Waals surface area contributed by atoms with Crippen LogP contribution in [0.4, 0.5) is 0 Å². The lowest BCUT2D eigenvalue weighted by molar-refractivity contribution is 0.442. The van der Waals surface area contributed by atoms with Gasteiger partial charge in [-0.15, -0.1) is 0 Å². The van der Waals surface area contributed by atoms with Crippen molar-refractivity contribution in [2.24, 2.45) is 0 Å². The second-order valence-corrected chi connectivity index (χ2v) is 3.49. The van der Waals surface area contributed by atoms with Crippen LogP contribution in [0.1, 0.15) is 32.6 Å². The fourth-order valence-electron chi connectivity index (χ4n) is 0.703. The summed E-state index contributed by atoms with van der Waals surface area (Å²) in [5.41, 5.74) is 0. The predicted molar refractivity (Wildman–Crippen MR) is 37.6 cm³/mol. The van der Waals surface area contributed by atoms with Crippen molar-refractivity contribution in [1.82, 2.24) is 0 Å². The van der Waals surface area contributed by atoms with Gasteiger partial charge in [0, 0.05) is 6.04 Å². The zero-order chi connectivity index (χ0) is 7.11. The van der Waals surface area contributed by atoms with Gasteiger partial charge >= 0.3 is 8.93 Å². The molecular formula is C6H14O2Si. The largest absolute Gasteiger partial charge is 0.540 e. The Balaban J connectivity index is 2.83. The third-order valence-corrected chi connectivity index (χ3v) is 2.03. The van der Waals surface area contributed by atoms with Crippen LogP contribution in [-0.4, -0.2) is 13.7 Å². The Kier molecular flexibility index (Phi) is 5.82. The standard InChI is InChI=1S/C6H14O2Si/c1-2-3-4-5-6-9(7)8/h7H,2-6H2,1H3. The molecule has 0 unspecified atom stereocenters. The smallest absolute Gasteiger partial charge is 0.499 e. The molecule has 0 aliphatic carbocycles. The molecule has 0 aliphatic rings. The monoisotopic (exact) mass is 146 g/mol. The summed E-state index contributed by atoms with van der Waals surface area (Å²) in [6.45, 7) is 2.13. The van der Waals surface area contributed by atoms with Crippen LogP contribution in [-0.2, 0) is 4.46 Å². The van der Waals surface area contributed by atoms with Gasteiger partial charge in [0.05, 0.1) is 0 Å². The van der Waals surface area contributed by atoms with E-state index in [0.29, 0.717) is 6.04 Å². The van der Waals surface area contributed by atoms with Crippen LogP contribution < -0.4 is 0 Å². The van der Waals surface area contributed by atoms with Crippen molar-refractivity contribution in [3.05, 3.63) is 0 Å². The molecule has 0 amide bonds. The van der Waals surface area contributed by atoms with Gasteiger partial charge in [0.2, 0.25) is 0 Å². The lowest BCUT2D eigenvalue weighted by atomic mass is 10.2. The summed E-state index contributed by atoms with van der Waals surface area (Å²) in [5, 5.41) is 0. The minimum atomic E-state index is -2.17. The Hall–Kier alpha value is -0.183. The highest BCUT2D eigenvalue weighted by molar-refractivity contribution is 6.32. The maximum Gasteiger partial charge on any atom is 0.499 e. The Bertz CT molecular complexity index is 83.1. The van der Waals surface area contributed by atoms with Gasteiger partial charge in [-0.05, 0) is 6.42 Å². The summed E-state index contributed by atoms with van der Waals surface area (Å²) in [7, 11) is -2.17. The molecule has 3 heteroatoms. The van der Waals surface area contributed by atoms with Gasteiger partial charge in [-0.2, -0.15) is 0 Å². The van der Waals surface area contributed by atoms with Crippen LogP contribution >= 0.6 is 0 Å². The van der Waals surface area contributed by atoms with Gasteiger partial charge in [-0.25, -0.2) is 0 Å². The predicted octanol–water partition coefficient (Wildman–Crippen LogP) is 1.48. The van der Waals surface area contributed by atoms with Crippen molar-refractivity contribution in [1.29, 1.82) is 0 Å². The van der Waals surface area contributed by atoms with E-state index in [0.717, 1.165) is 12.8 Å². The molecule has 54 valence electrons. The van der Waals surface area contributed by atoms with E-state index in [-0.39, 0.29) is 0 Å². The van der Waals surface area contributed by atoms with E-state index < -0.39 is 8.93 Å². The van der Waals surface area contributed by atoms with E-state index in [4.69, 9.17) is 4.80 Å². The van der Waals surface area contributed by atoms with E-state index >= 15 is 0 Å². The molecule has 0 rings (SSSR count). The average molecular weight is 146 g/mol. The third-order valence-electron chi connectivity index (χ3n) is 1.24. The van der Waals surface area contributed by atoms with E-state index in [9.17, 15) is 4.46 Å². The number of rotatable bonds is 5. The fourth-order valence-corrected chi connectivity index (χ4v) is 1.26. The van der Waals surface area contributed by atoms with E-state index in [1.165, 1.54) is 12.8 Å². The molecule has 0 aliphatic heterocycles. The molecule has 0 atom stereocenters. The zero-order valence-corrected chi connectivity index (χ0v) is 6.89. The van der Waals surface area contributed by atoms with Crippen molar-refractivity contribution in [2.75, 3.05) is 0 Å². The first kappa shape index (κ1) is 8.82. The van der Waals surface area contributed by atoms with Crippen LogP contribution in [0.25, 0.3) is 0 Å². The van der Waals surface area contributed by atoms with Gasteiger partial charge in [0.15, 0.2) is 0 Å². The maximum atomic E-state index is 10.1. The maximum absolute atomic E-state index is 10.1. The van der Waals surface area contributed by atoms with Gasteiger partial charge in [0.1, 0.15) is 0 Å². The first-order valence-electron chi connectivity index (χ1n) is 3.49. The summed E-state index contributed by atoms with van der Waals surface area (Å²) < 4.78 is 10.1. The fraction of sp³-hybridized carbons (Fsp3) is 1.00. The minimum Gasteiger partial charge on any atom is -0.540 e. The third kappa shape index (κ3) is 7.82. The molecule has 1 N–H and O–H groups in total. The lowest BCUT2D eigenvalue weighted by Crippen LogP contribution is -1.95. The summed E-state index contributed by atoms with van der Waals surface area (Å²) >= 11 is 0. The highest BCUT2D eigenvalue weighted by Gasteiger charge is 1.98. The number of hydrogen-bond donors (Lipinski definition) is 1. The van der Waals surface area contributed by atoms with Crippen LogP contribution in [0, 0.1) is 0 Å². The summed E-state index contributed by atoms with van der Waals surface area (Å²) in [4.78, 5) is 8.40. The Morgan fingerprint density at radius 3 is 2.44 bits per heavy atom. The van der Waals surface area contributed by atoms with Crippen molar-refractivity contribution in [3.8, 4) is 0 Å². The van der Waals surface area contributed by atoms with Crippen molar-refractivity contribution in [3.63, 3.8) is 0 Å². The van der Waals surface area contributed by atoms with Gasteiger partial charge in [0.25, 0.3) is 0 Å². The SMILES string of the molecule is CCCCCC[Si](=O)O. The second kappa shape index (κ2) is 5.94. The van der Waals surface area contributed by atoms with Crippen molar-refractivity contribution >= 4 is 8.93 Å². The first-order valence-corrected chi connectivity index (χ1v) is 5.05. The van der Waals surface area contributed by atoms with Gasteiger partial charge in [-0.1, -0.05) is 26.2 Å². The first-order chi connectivity index (χ1) is 4.27. The molecular weight excluding hydrogens is 132 g/mol. The summed E-state index contributed by atoms with van der Waals surface area (Å²) in [5.74, 6) is 0. The molecule has 0 aromatic heterocycles. The quantitative estimate of drug-likeness (QED) is 0.471. The lowest BCUT2D eigenvalue weighted by Gasteiger charge is -1.91. The molecule has 0 heterocycles. The molecule has 0 radical (unpaired) electrons. The van der Waals surface area contributed by atoms with Crippen LogP contribution in [0.5, 0.6) is 0 Å². The molecule has 0 aromatic carbocycles. The molecule has 0 saturated carbocycles. The number of unbranched alkanes of at least 4 members (excludes halogenated alkanes) is 3. The molecule has 0 spiro atoms. The van der Waals surface area contributed by atoms with E-state index in [1.54, 1.807) is 0 Å². The Labute approximate surface area is 57.7 Å². The molecule has 2 nitrogen and oxygen atoms in total. The Morgan fingerprint density at radius 1 is 1.33 bits per heavy atom. The van der Waals surface area contributed by atoms with Crippen molar-refractivity contribution in [2.45, 2.75) is 38.7 Å². The summed E-state index contributed by atoms with van der Waals surface area (Å²) in [6.07, 6.45) is 4.40. The highest BCUT2D eigenvalue weighted by atomic mass is 28.3. The normalized spacial score (nSPS) is 9.44. The average Bonchev–Trinajstić information content (AvgIpc) is 1.80. The second-order valence-electron chi connectivity index (χ2n) is 2.20. The number of hydrogen-bond acceptors (Lipinski definition) is 1. The van der Waals surface area contributed by atoms with Crippen LogP contribution in [0.15, 0.2) is 0 Å². The van der Waals surface area contributed by atoms with E-state index in [2.05, 4.69) is 6.92 Å². The van der Waals surface area contributed by atoms with Crippen molar-refractivity contribution < 1.29 is 9.26 Å². The minimum absolute atomic E-state index is 0.519. The Morgan fingerprint density at radius 2 is 2.00 bits per heavy atom. The van der Waals surface area contributed by atoms with Crippen LogP contribution in [0.2, 0.25) is 6.04 Å². The van der Waals surface area contributed by atoms with Gasteiger partial charge < -0.3 is 9.26 Å². The highest BCUT2D eigenvalue weighted by Crippen LogP contribution is 2.01. The molecule has 0 bridgehead atoms. The molecule has 0 aromatic rings. The van der Waals surface area contributed by atoms with Gasteiger partial charge in [-0.3, -0.25) is 0 Å². The molecule has 0 fully saturated rings. The molecule has 9 heavy (non-hydrogen) atoms. The topological polar surface area (TPSA) is 37.3 Å². The zero-order valence-electron chi connectivity index (χ0n) is 5.89. The molecule has 0 saturated heterocycles. The van der Waals surface area contributed by atoms with E-state index in [1.807, 2.05) is 0 Å².